The van der Waals surface area contributed by atoms with Crippen LogP contribution in [0.1, 0.15) is 10.4 Å². The summed E-state index contributed by atoms with van der Waals surface area (Å²) in [5.74, 6) is -0.176. The molecule has 0 aliphatic heterocycles. The lowest BCUT2D eigenvalue weighted by molar-refractivity contribution is 0.0691. The van der Waals surface area contributed by atoms with Crippen molar-refractivity contribution >= 4 is 33.5 Å². The Morgan fingerprint density at radius 2 is 1.76 bits per heavy atom. The van der Waals surface area contributed by atoms with Gasteiger partial charge in [0, 0.05) is 4.47 Å². The van der Waals surface area contributed by atoms with E-state index in [-0.39, 0.29) is 22.9 Å². The first-order chi connectivity index (χ1) is 10.1. The Morgan fingerprint density at radius 3 is 2.43 bits per heavy atom. The van der Waals surface area contributed by atoms with Gasteiger partial charge in [0.25, 0.3) is 0 Å². The molecule has 0 atom stereocenters. The highest BCUT2D eigenvalue weighted by atomic mass is 79.9. The van der Waals surface area contributed by atoms with Crippen LogP contribution in [0.5, 0.6) is 11.5 Å². The standard InChI is InChI=1S/C15H12BrClO4/c16-10-4-6-11(7-5-10)20-8-9-21-13-3-1-2-12(17)14(13)15(18)19/h1-7H,8-9H2,(H,18,19). The highest BCUT2D eigenvalue weighted by Gasteiger charge is 2.15. The molecule has 110 valence electrons. The number of hydrogen-bond acceptors (Lipinski definition) is 3. The summed E-state index contributed by atoms with van der Waals surface area (Å²) in [5.41, 5.74) is -0.0391. The van der Waals surface area contributed by atoms with Crippen molar-refractivity contribution in [3.8, 4) is 11.5 Å². The Balaban J connectivity index is 1.90. The van der Waals surface area contributed by atoms with Gasteiger partial charge in [-0.2, -0.15) is 0 Å². The van der Waals surface area contributed by atoms with E-state index >= 15 is 0 Å². The number of ether oxygens (including phenoxy) is 2. The van der Waals surface area contributed by atoms with Crippen molar-refractivity contribution in [1.82, 2.24) is 0 Å². The monoisotopic (exact) mass is 370 g/mol. The smallest absolute Gasteiger partial charge is 0.341 e. The van der Waals surface area contributed by atoms with Gasteiger partial charge in [-0.1, -0.05) is 33.6 Å². The molecule has 0 amide bonds. The Morgan fingerprint density at radius 1 is 1.10 bits per heavy atom. The van der Waals surface area contributed by atoms with Crippen LogP contribution in [-0.4, -0.2) is 24.3 Å². The van der Waals surface area contributed by atoms with Gasteiger partial charge in [-0.3, -0.25) is 0 Å². The van der Waals surface area contributed by atoms with E-state index in [0.717, 1.165) is 4.47 Å². The van der Waals surface area contributed by atoms with Crippen molar-refractivity contribution < 1.29 is 19.4 Å². The summed E-state index contributed by atoms with van der Waals surface area (Å²) in [5, 5.41) is 9.25. The SMILES string of the molecule is O=C(O)c1c(Cl)cccc1OCCOc1ccc(Br)cc1. The van der Waals surface area contributed by atoms with Crippen molar-refractivity contribution in [2.45, 2.75) is 0 Å². The van der Waals surface area contributed by atoms with Crippen LogP contribution in [0.25, 0.3) is 0 Å². The lowest BCUT2D eigenvalue weighted by atomic mass is 10.2. The minimum Gasteiger partial charge on any atom is -0.490 e. The molecule has 2 rings (SSSR count). The maximum Gasteiger partial charge on any atom is 0.341 e. The highest BCUT2D eigenvalue weighted by Crippen LogP contribution is 2.26. The number of halogens is 2. The molecule has 0 fully saturated rings. The first-order valence-corrected chi connectivity index (χ1v) is 7.28. The first-order valence-electron chi connectivity index (χ1n) is 6.11. The summed E-state index contributed by atoms with van der Waals surface area (Å²) in [6.07, 6.45) is 0. The Kier molecular flexibility index (Phi) is 5.47. The normalized spacial score (nSPS) is 10.2. The number of benzene rings is 2. The Labute approximate surface area is 135 Å². The Hall–Kier alpha value is -1.72. The third-order valence-corrected chi connectivity index (χ3v) is 3.46. The molecule has 0 aromatic heterocycles. The van der Waals surface area contributed by atoms with Gasteiger partial charge in [-0.25, -0.2) is 4.79 Å². The fourth-order valence-electron chi connectivity index (χ4n) is 1.67. The molecule has 0 saturated heterocycles. The molecule has 0 aliphatic carbocycles. The van der Waals surface area contributed by atoms with Crippen molar-refractivity contribution in [2.24, 2.45) is 0 Å². The fourth-order valence-corrected chi connectivity index (χ4v) is 2.19. The van der Waals surface area contributed by atoms with Gasteiger partial charge in [0.1, 0.15) is 30.3 Å². The summed E-state index contributed by atoms with van der Waals surface area (Å²) in [7, 11) is 0. The van der Waals surface area contributed by atoms with Crippen LogP contribution in [0.4, 0.5) is 0 Å². The zero-order valence-electron chi connectivity index (χ0n) is 10.9. The van der Waals surface area contributed by atoms with E-state index < -0.39 is 5.97 Å². The zero-order valence-corrected chi connectivity index (χ0v) is 13.2. The van der Waals surface area contributed by atoms with Crippen molar-refractivity contribution in [1.29, 1.82) is 0 Å². The van der Waals surface area contributed by atoms with Crippen LogP contribution in [0.2, 0.25) is 5.02 Å². The molecule has 0 saturated carbocycles. The van der Waals surface area contributed by atoms with Crippen LogP contribution in [0.15, 0.2) is 46.9 Å². The average molecular weight is 372 g/mol. The molecule has 21 heavy (non-hydrogen) atoms. The van der Waals surface area contributed by atoms with Gasteiger partial charge < -0.3 is 14.6 Å². The maximum absolute atomic E-state index is 11.1. The van der Waals surface area contributed by atoms with Crippen molar-refractivity contribution in [2.75, 3.05) is 13.2 Å². The second-order valence-electron chi connectivity index (χ2n) is 4.07. The summed E-state index contributed by atoms with van der Waals surface area (Å²) in [6, 6.07) is 12.1. The lowest BCUT2D eigenvalue weighted by Gasteiger charge is -2.11. The quantitative estimate of drug-likeness (QED) is 0.771. The third kappa shape index (κ3) is 4.37. The van der Waals surface area contributed by atoms with Gasteiger partial charge in [-0.05, 0) is 36.4 Å². The molecule has 0 radical (unpaired) electrons. The van der Waals surface area contributed by atoms with Gasteiger partial charge >= 0.3 is 5.97 Å². The van der Waals surface area contributed by atoms with E-state index in [2.05, 4.69) is 15.9 Å². The van der Waals surface area contributed by atoms with Gasteiger partial charge in [-0.15, -0.1) is 0 Å². The molecule has 0 spiro atoms. The molecular formula is C15H12BrClO4. The number of hydrogen-bond donors (Lipinski definition) is 1. The number of rotatable bonds is 6. The molecule has 0 bridgehead atoms. The second kappa shape index (κ2) is 7.33. The molecule has 0 heterocycles. The summed E-state index contributed by atoms with van der Waals surface area (Å²) in [4.78, 5) is 11.1. The molecule has 1 N–H and O–H groups in total. The van der Waals surface area contributed by atoms with Crippen molar-refractivity contribution in [3.63, 3.8) is 0 Å². The van der Waals surface area contributed by atoms with Gasteiger partial charge in [0.05, 0.1) is 5.02 Å². The maximum atomic E-state index is 11.1. The van der Waals surface area contributed by atoms with Crippen LogP contribution in [0.3, 0.4) is 0 Å². The molecule has 6 heteroatoms. The number of carbonyl (C=O) groups is 1. The molecule has 0 aliphatic rings. The third-order valence-electron chi connectivity index (χ3n) is 2.61. The number of carboxylic acid groups (broad SMARTS) is 1. The largest absolute Gasteiger partial charge is 0.490 e. The Bertz CT molecular complexity index is 628. The van der Waals surface area contributed by atoms with Gasteiger partial charge in [0.2, 0.25) is 0 Å². The molecule has 2 aromatic carbocycles. The average Bonchev–Trinajstić information content (AvgIpc) is 2.45. The van der Waals surface area contributed by atoms with E-state index in [1.54, 1.807) is 12.1 Å². The second-order valence-corrected chi connectivity index (χ2v) is 5.39. The summed E-state index contributed by atoms with van der Waals surface area (Å²) >= 11 is 9.19. The van der Waals surface area contributed by atoms with Crippen LogP contribution in [-0.2, 0) is 0 Å². The number of aromatic carboxylic acids is 1. The van der Waals surface area contributed by atoms with Crippen LogP contribution in [0, 0.1) is 0 Å². The minimum atomic E-state index is -1.12. The molecule has 4 nitrogen and oxygen atoms in total. The van der Waals surface area contributed by atoms with E-state index in [0.29, 0.717) is 12.4 Å². The van der Waals surface area contributed by atoms with Crippen LogP contribution < -0.4 is 9.47 Å². The predicted molar refractivity (Wildman–Crippen MR) is 83.5 cm³/mol. The number of carboxylic acids is 1. The predicted octanol–water partition coefficient (Wildman–Crippen LogP) is 4.26. The molecule has 2 aromatic rings. The topological polar surface area (TPSA) is 55.8 Å². The van der Waals surface area contributed by atoms with E-state index in [1.807, 2.05) is 24.3 Å². The van der Waals surface area contributed by atoms with Gasteiger partial charge in [0.15, 0.2) is 0 Å². The molecular weight excluding hydrogens is 360 g/mol. The van der Waals surface area contributed by atoms with E-state index in [4.69, 9.17) is 26.2 Å². The van der Waals surface area contributed by atoms with Crippen molar-refractivity contribution in [3.05, 3.63) is 57.5 Å². The minimum absolute atomic E-state index is 0.0391. The van der Waals surface area contributed by atoms with Crippen LogP contribution >= 0.6 is 27.5 Å². The fraction of sp³-hybridized carbons (Fsp3) is 0.133. The lowest BCUT2D eigenvalue weighted by Crippen LogP contribution is -2.11. The summed E-state index contributed by atoms with van der Waals surface area (Å²) in [6.45, 7) is 0.518. The highest BCUT2D eigenvalue weighted by molar-refractivity contribution is 9.10. The summed E-state index contributed by atoms with van der Waals surface area (Å²) < 4.78 is 11.9. The molecule has 0 unspecified atom stereocenters. The van der Waals surface area contributed by atoms with E-state index in [9.17, 15) is 4.79 Å². The zero-order chi connectivity index (χ0) is 15.2. The van der Waals surface area contributed by atoms with E-state index in [1.165, 1.54) is 6.07 Å². The first kappa shape index (κ1) is 15.7.